The van der Waals surface area contributed by atoms with Gasteiger partial charge >= 0.3 is 0 Å². The van der Waals surface area contributed by atoms with Crippen molar-refractivity contribution in [3.05, 3.63) is 54.1 Å². The number of hydrogen-bond acceptors (Lipinski definition) is 2. The van der Waals surface area contributed by atoms with E-state index in [0.29, 0.717) is 0 Å². The maximum absolute atomic E-state index is 4.58. The van der Waals surface area contributed by atoms with Crippen molar-refractivity contribution in [1.82, 2.24) is 0 Å². The first-order valence-electron chi connectivity index (χ1n) is 4.31. The summed E-state index contributed by atoms with van der Waals surface area (Å²) in [5.74, 6) is 0. The molecule has 0 spiro atoms. The first-order chi connectivity index (χ1) is 6.84. The van der Waals surface area contributed by atoms with Gasteiger partial charge in [-0.05, 0) is 30.8 Å². The van der Waals surface area contributed by atoms with Gasteiger partial charge in [0.1, 0.15) is 0 Å². The minimum Gasteiger partial charge on any atom is -0.194 e. The van der Waals surface area contributed by atoms with E-state index < -0.39 is 0 Å². The first-order valence-corrected chi connectivity index (χ1v) is 4.72. The fourth-order valence-electron chi connectivity index (χ4n) is 0.995. The standard InChI is InChI=1S/C12H11NS/c1-11-8-6-4-2-3-5-7-9-12(11)13-10-14/h2-9H,1H3. The number of thiocarbonyl (C=S) groups is 1. The van der Waals surface area contributed by atoms with Crippen LogP contribution in [-0.2, 0) is 0 Å². The molecule has 0 heterocycles. The summed E-state index contributed by atoms with van der Waals surface area (Å²) >= 11 is 4.58. The van der Waals surface area contributed by atoms with Gasteiger partial charge in [0, 0.05) is 0 Å². The average molecular weight is 201 g/mol. The number of aryl methyl sites for hydroxylation is 1. The van der Waals surface area contributed by atoms with Crippen LogP contribution in [0.15, 0.2) is 53.5 Å². The lowest BCUT2D eigenvalue weighted by atomic mass is 10.2. The Balaban J connectivity index is 3.36. The van der Waals surface area contributed by atoms with E-state index in [1.54, 1.807) is 0 Å². The molecule has 70 valence electrons. The predicted octanol–water partition coefficient (Wildman–Crippen LogP) is 3.85. The van der Waals surface area contributed by atoms with E-state index in [2.05, 4.69) is 22.4 Å². The second kappa shape index (κ2) is 6.03. The zero-order valence-corrected chi connectivity index (χ0v) is 8.79. The van der Waals surface area contributed by atoms with Crippen LogP contribution in [0.5, 0.6) is 0 Å². The molecule has 14 heavy (non-hydrogen) atoms. The van der Waals surface area contributed by atoms with Crippen molar-refractivity contribution in [3.8, 4) is 0 Å². The van der Waals surface area contributed by atoms with E-state index in [1.165, 1.54) is 0 Å². The molecule has 0 aliphatic heterocycles. The molecule has 0 unspecified atom stereocenters. The molecule has 0 amide bonds. The maximum atomic E-state index is 4.58. The minimum absolute atomic E-state index is 0.844. The normalized spacial score (nSPS) is 8.36. The zero-order valence-electron chi connectivity index (χ0n) is 7.97. The lowest BCUT2D eigenvalue weighted by Crippen LogP contribution is -1.67. The number of rotatable bonds is 1. The number of isothiocyanates is 1. The highest BCUT2D eigenvalue weighted by Gasteiger charge is 1.87. The second-order valence-electron chi connectivity index (χ2n) is 2.76. The van der Waals surface area contributed by atoms with Gasteiger partial charge < -0.3 is 0 Å². The number of aliphatic imine (C=N–C) groups is 1. The summed E-state index contributed by atoms with van der Waals surface area (Å²) in [5.41, 5.74) is 1.91. The molecular formula is C12H11NS. The Kier molecular flexibility index (Phi) is 4.56. The summed E-state index contributed by atoms with van der Waals surface area (Å²) in [6.07, 6.45) is 0. The third-order valence-electron chi connectivity index (χ3n) is 1.73. The van der Waals surface area contributed by atoms with Gasteiger partial charge in [-0.1, -0.05) is 42.5 Å². The third-order valence-corrected chi connectivity index (χ3v) is 1.82. The summed E-state index contributed by atoms with van der Waals surface area (Å²) in [4.78, 5) is 3.99. The lowest BCUT2D eigenvalue weighted by molar-refractivity contribution is 1.43. The highest BCUT2D eigenvalue weighted by molar-refractivity contribution is 7.78. The highest BCUT2D eigenvalue weighted by Crippen LogP contribution is 2.13. The fourth-order valence-corrected chi connectivity index (χ4v) is 1.09. The summed E-state index contributed by atoms with van der Waals surface area (Å²) < 4.78 is 0. The molecule has 0 aliphatic carbocycles. The Labute approximate surface area is 89.5 Å². The van der Waals surface area contributed by atoms with Gasteiger partial charge in [-0.2, -0.15) is 4.99 Å². The minimum atomic E-state index is 0.844. The molecule has 0 saturated carbocycles. The zero-order chi connectivity index (χ0) is 10.2. The third kappa shape index (κ3) is 3.48. The van der Waals surface area contributed by atoms with Gasteiger partial charge in [-0.25, -0.2) is 0 Å². The molecule has 0 bridgehead atoms. The van der Waals surface area contributed by atoms with Crippen molar-refractivity contribution in [2.45, 2.75) is 6.92 Å². The van der Waals surface area contributed by atoms with Crippen molar-refractivity contribution >= 4 is 23.1 Å². The van der Waals surface area contributed by atoms with Crippen molar-refractivity contribution in [1.29, 1.82) is 0 Å². The summed E-state index contributed by atoms with van der Waals surface area (Å²) in [5, 5.41) is 2.38. The quantitative estimate of drug-likeness (QED) is 0.496. The van der Waals surface area contributed by atoms with E-state index in [-0.39, 0.29) is 0 Å². The van der Waals surface area contributed by atoms with Crippen molar-refractivity contribution in [2.75, 3.05) is 0 Å². The van der Waals surface area contributed by atoms with Gasteiger partial charge in [-0.15, -0.1) is 0 Å². The molecule has 2 heteroatoms. The Bertz CT molecular complexity index is 405. The molecule has 1 rings (SSSR count). The lowest BCUT2D eigenvalue weighted by Gasteiger charge is -1.91. The SMILES string of the molecule is Cc1ccccccccc1N=C=S. The predicted molar refractivity (Wildman–Crippen MR) is 63.5 cm³/mol. The van der Waals surface area contributed by atoms with E-state index in [9.17, 15) is 0 Å². The van der Waals surface area contributed by atoms with Gasteiger partial charge in [0.25, 0.3) is 0 Å². The fraction of sp³-hybridized carbons (Fsp3) is 0.0833. The van der Waals surface area contributed by atoms with Gasteiger partial charge in [0.15, 0.2) is 0 Å². The molecule has 0 saturated heterocycles. The Hall–Kier alpha value is -1.50. The molecule has 0 radical (unpaired) electrons. The van der Waals surface area contributed by atoms with Crippen LogP contribution in [0.25, 0.3) is 0 Å². The number of nitrogens with zero attached hydrogens (tertiary/aromatic N) is 1. The molecule has 1 aromatic rings. The van der Waals surface area contributed by atoms with E-state index in [4.69, 9.17) is 0 Å². The maximum Gasteiger partial charge on any atom is 0.0768 e. The molecular weight excluding hydrogens is 190 g/mol. The van der Waals surface area contributed by atoms with E-state index in [1.807, 2.05) is 55.5 Å². The van der Waals surface area contributed by atoms with Crippen LogP contribution >= 0.6 is 12.2 Å². The van der Waals surface area contributed by atoms with Gasteiger partial charge in [0.2, 0.25) is 0 Å². The van der Waals surface area contributed by atoms with Crippen LogP contribution in [0.4, 0.5) is 5.69 Å². The number of hydrogen-bond donors (Lipinski definition) is 0. The highest BCUT2D eigenvalue weighted by atomic mass is 32.1. The van der Waals surface area contributed by atoms with Crippen molar-refractivity contribution in [3.63, 3.8) is 0 Å². The van der Waals surface area contributed by atoms with Crippen LogP contribution in [0.1, 0.15) is 5.56 Å². The molecule has 1 aromatic carbocycles. The van der Waals surface area contributed by atoms with Crippen LogP contribution < -0.4 is 0 Å². The van der Waals surface area contributed by atoms with Crippen LogP contribution in [-0.4, -0.2) is 5.16 Å². The Morgan fingerprint density at radius 1 is 1.00 bits per heavy atom. The summed E-state index contributed by atoms with van der Waals surface area (Å²) in [7, 11) is 0. The molecule has 0 aromatic heterocycles. The van der Waals surface area contributed by atoms with Crippen molar-refractivity contribution in [2.24, 2.45) is 4.99 Å². The van der Waals surface area contributed by atoms with Gasteiger partial charge in [-0.3, -0.25) is 0 Å². The average Bonchev–Trinajstić information content (AvgIpc) is 2.20. The topological polar surface area (TPSA) is 12.4 Å². The summed E-state index contributed by atoms with van der Waals surface area (Å²) in [6.45, 7) is 1.99. The Morgan fingerprint density at radius 3 is 2.21 bits per heavy atom. The molecule has 0 N–H and O–H groups in total. The first kappa shape index (κ1) is 10.6. The Morgan fingerprint density at radius 2 is 1.57 bits per heavy atom. The van der Waals surface area contributed by atoms with Crippen LogP contribution in [0, 0.1) is 6.92 Å². The van der Waals surface area contributed by atoms with Gasteiger partial charge in [0.05, 0.1) is 10.8 Å². The smallest absolute Gasteiger partial charge is 0.0768 e. The molecule has 0 aliphatic rings. The molecule has 0 fully saturated rings. The second-order valence-corrected chi connectivity index (χ2v) is 2.94. The monoisotopic (exact) mass is 201 g/mol. The van der Waals surface area contributed by atoms with E-state index >= 15 is 0 Å². The largest absolute Gasteiger partial charge is 0.194 e. The van der Waals surface area contributed by atoms with Crippen molar-refractivity contribution < 1.29 is 0 Å². The summed E-state index contributed by atoms with van der Waals surface area (Å²) in [6, 6.07) is 15.7. The van der Waals surface area contributed by atoms with Crippen LogP contribution in [0.3, 0.4) is 0 Å². The molecule has 1 nitrogen and oxygen atoms in total. The molecule has 0 atom stereocenters. The van der Waals surface area contributed by atoms with Crippen LogP contribution in [0.2, 0.25) is 0 Å². The van der Waals surface area contributed by atoms with E-state index in [0.717, 1.165) is 11.3 Å².